The van der Waals surface area contributed by atoms with Gasteiger partial charge in [-0.15, -0.1) is 0 Å². The quantitative estimate of drug-likeness (QED) is 0.587. The summed E-state index contributed by atoms with van der Waals surface area (Å²) in [4.78, 5) is 24.9. The van der Waals surface area contributed by atoms with Crippen LogP contribution in [0.1, 0.15) is 58.8 Å². The second kappa shape index (κ2) is 5.30. The zero-order valence-corrected chi connectivity index (χ0v) is 15.6. The number of carboxylic acid groups (broad SMARTS) is 1. The van der Waals surface area contributed by atoms with Crippen molar-refractivity contribution in [2.45, 2.75) is 71.0 Å². The molecule has 4 aliphatic carbocycles. The van der Waals surface area contributed by atoms with Gasteiger partial charge in [-0.05, 0) is 61.7 Å². The molecule has 0 amide bonds. The first-order valence-electron chi connectivity index (χ1n) is 9.81. The number of ketones is 1. The molecule has 4 fully saturated rings. The zero-order chi connectivity index (χ0) is 19.1. The lowest BCUT2D eigenvalue weighted by atomic mass is 9.39. The standard InChI is InChI=1S/C20H30O6/c1-17-5-3-6-18(2,16(25)26)11(17)4-7-19-8-12(22)20(9-19,10-21)15(24)13(23)14(17)19/h11,13-15,21,23-24H,3-10H2,1-2H3,(H,25,26)/t11-,13+,14-,15+,17+,18+,19-,20+/m0/s1. The topological polar surface area (TPSA) is 115 Å². The molecular formula is C20H30O6. The molecule has 0 aliphatic heterocycles. The van der Waals surface area contributed by atoms with Crippen molar-refractivity contribution in [3.05, 3.63) is 0 Å². The van der Waals surface area contributed by atoms with Crippen LogP contribution in [0, 0.1) is 33.5 Å². The van der Waals surface area contributed by atoms with E-state index in [9.17, 15) is 30.0 Å². The van der Waals surface area contributed by atoms with Crippen molar-refractivity contribution >= 4 is 11.8 Å². The first kappa shape index (κ1) is 18.4. The molecule has 4 N–H and O–H groups in total. The predicted molar refractivity (Wildman–Crippen MR) is 92.1 cm³/mol. The van der Waals surface area contributed by atoms with Crippen LogP contribution in [-0.4, -0.2) is 51.0 Å². The molecule has 4 aliphatic rings. The third kappa shape index (κ3) is 1.88. The second-order valence-electron chi connectivity index (χ2n) is 10.0. The lowest BCUT2D eigenvalue weighted by molar-refractivity contribution is -0.234. The highest BCUT2D eigenvalue weighted by atomic mass is 16.4. The van der Waals surface area contributed by atoms with Gasteiger partial charge in [0.2, 0.25) is 0 Å². The number of fused-ring (bicyclic) bond motifs is 3. The summed E-state index contributed by atoms with van der Waals surface area (Å²) in [6, 6.07) is 0. The molecule has 6 nitrogen and oxygen atoms in total. The predicted octanol–water partition coefficient (Wildman–Crippen LogP) is 1.36. The third-order valence-electron chi connectivity index (χ3n) is 9.02. The van der Waals surface area contributed by atoms with Crippen LogP contribution in [0.15, 0.2) is 0 Å². The Morgan fingerprint density at radius 1 is 1.19 bits per heavy atom. The maximum absolute atomic E-state index is 12.8. The lowest BCUT2D eigenvalue weighted by Crippen LogP contribution is -2.66. The first-order chi connectivity index (χ1) is 12.1. The molecule has 0 heterocycles. The van der Waals surface area contributed by atoms with Crippen LogP contribution in [0.25, 0.3) is 0 Å². The van der Waals surface area contributed by atoms with Crippen LogP contribution in [0.5, 0.6) is 0 Å². The summed E-state index contributed by atoms with van der Waals surface area (Å²) in [6.07, 6.45) is 1.89. The van der Waals surface area contributed by atoms with Gasteiger partial charge in [-0.2, -0.15) is 0 Å². The molecular weight excluding hydrogens is 336 g/mol. The fraction of sp³-hybridized carbons (Fsp3) is 0.900. The highest BCUT2D eigenvalue weighted by Gasteiger charge is 2.74. The van der Waals surface area contributed by atoms with Crippen molar-refractivity contribution in [2.75, 3.05) is 6.61 Å². The van der Waals surface area contributed by atoms with Gasteiger partial charge in [-0.25, -0.2) is 0 Å². The van der Waals surface area contributed by atoms with Crippen molar-refractivity contribution in [3.63, 3.8) is 0 Å². The van der Waals surface area contributed by atoms with E-state index in [1.54, 1.807) is 0 Å². The number of aliphatic hydroxyl groups excluding tert-OH is 3. The van der Waals surface area contributed by atoms with E-state index in [1.807, 2.05) is 6.92 Å². The van der Waals surface area contributed by atoms with Gasteiger partial charge in [-0.3, -0.25) is 9.59 Å². The SMILES string of the molecule is C[C@@]12CCC[C@@](C)(C(=O)O)[C@H]1CC[C@]13CC(=O)[C@](CO)(C1)[C@H](O)[C@H](O)[C@H]32. The van der Waals surface area contributed by atoms with Crippen LogP contribution in [0.4, 0.5) is 0 Å². The summed E-state index contributed by atoms with van der Waals surface area (Å²) in [5, 5.41) is 41.7. The zero-order valence-electron chi connectivity index (χ0n) is 15.6. The Morgan fingerprint density at radius 3 is 2.50 bits per heavy atom. The van der Waals surface area contributed by atoms with Gasteiger partial charge >= 0.3 is 5.97 Å². The molecule has 2 bridgehead atoms. The van der Waals surface area contributed by atoms with Crippen molar-refractivity contribution < 1.29 is 30.0 Å². The first-order valence-corrected chi connectivity index (χ1v) is 9.81. The van der Waals surface area contributed by atoms with Crippen LogP contribution < -0.4 is 0 Å². The molecule has 4 rings (SSSR count). The van der Waals surface area contributed by atoms with Crippen molar-refractivity contribution in [3.8, 4) is 0 Å². The van der Waals surface area contributed by atoms with Gasteiger partial charge in [0.05, 0.1) is 29.6 Å². The Bertz CT molecular complexity index is 663. The Morgan fingerprint density at radius 2 is 1.88 bits per heavy atom. The molecule has 0 radical (unpaired) electrons. The number of carbonyl (C=O) groups excluding carboxylic acids is 1. The van der Waals surface area contributed by atoms with Gasteiger partial charge in [0.25, 0.3) is 0 Å². The maximum atomic E-state index is 12.8. The Labute approximate surface area is 153 Å². The van der Waals surface area contributed by atoms with Gasteiger partial charge in [0, 0.05) is 6.42 Å². The summed E-state index contributed by atoms with van der Waals surface area (Å²) in [7, 11) is 0. The van der Waals surface area contributed by atoms with E-state index in [1.165, 1.54) is 0 Å². The van der Waals surface area contributed by atoms with Gasteiger partial charge < -0.3 is 20.4 Å². The summed E-state index contributed by atoms with van der Waals surface area (Å²) in [5.41, 5.74) is -2.95. The number of Topliss-reactive ketones (excluding diaryl/α,β-unsaturated/α-hetero) is 1. The molecule has 0 aromatic heterocycles. The molecule has 0 aromatic rings. The number of hydrogen-bond donors (Lipinski definition) is 4. The largest absolute Gasteiger partial charge is 0.481 e. The molecule has 146 valence electrons. The van der Waals surface area contributed by atoms with Crippen molar-refractivity contribution in [2.24, 2.45) is 33.5 Å². The number of carbonyl (C=O) groups is 2. The minimum Gasteiger partial charge on any atom is -0.481 e. The van der Waals surface area contributed by atoms with E-state index in [0.29, 0.717) is 25.7 Å². The van der Waals surface area contributed by atoms with E-state index < -0.39 is 46.4 Å². The third-order valence-corrected chi connectivity index (χ3v) is 9.02. The summed E-state index contributed by atoms with van der Waals surface area (Å²) < 4.78 is 0. The average molecular weight is 366 g/mol. The van der Waals surface area contributed by atoms with E-state index in [0.717, 1.165) is 12.8 Å². The average Bonchev–Trinajstić information content (AvgIpc) is 2.82. The van der Waals surface area contributed by atoms with Gasteiger partial charge in [0.15, 0.2) is 0 Å². The van der Waals surface area contributed by atoms with Gasteiger partial charge in [0.1, 0.15) is 5.78 Å². The number of aliphatic hydroxyl groups is 3. The Kier molecular flexibility index (Phi) is 3.75. The number of rotatable bonds is 2. The summed E-state index contributed by atoms with van der Waals surface area (Å²) >= 11 is 0. The molecule has 26 heavy (non-hydrogen) atoms. The minimum absolute atomic E-state index is 0.0870. The molecule has 0 unspecified atom stereocenters. The monoisotopic (exact) mass is 366 g/mol. The highest BCUT2D eigenvalue weighted by molar-refractivity contribution is 5.89. The van der Waals surface area contributed by atoms with E-state index >= 15 is 0 Å². The van der Waals surface area contributed by atoms with Crippen molar-refractivity contribution in [1.29, 1.82) is 0 Å². The fourth-order valence-corrected chi connectivity index (χ4v) is 7.93. The molecule has 6 heteroatoms. The minimum atomic E-state index is -1.28. The molecule has 0 saturated heterocycles. The normalized spacial score (nSPS) is 56.0. The second-order valence-corrected chi connectivity index (χ2v) is 10.0. The highest BCUT2D eigenvalue weighted by Crippen LogP contribution is 2.72. The fourth-order valence-electron chi connectivity index (χ4n) is 7.93. The lowest BCUT2D eigenvalue weighted by Gasteiger charge is -2.65. The number of carboxylic acids is 1. The smallest absolute Gasteiger partial charge is 0.309 e. The number of hydrogen-bond acceptors (Lipinski definition) is 5. The van der Waals surface area contributed by atoms with Crippen LogP contribution in [0.2, 0.25) is 0 Å². The van der Waals surface area contributed by atoms with Crippen LogP contribution in [-0.2, 0) is 9.59 Å². The molecule has 4 saturated carbocycles. The maximum Gasteiger partial charge on any atom is 0.309 e. The Balaban J connectivity index is 1.83. The van der Waals surface area contributed by atoms with E-state index in [-0.39, 0.29) is 24.0 Å². The number of aliphatic carboxylic acids is 1. The molecule has 0 aromatic carbocycles. The summed E-state index contributed by atoms with van der Waals surface area (Å²) in [6.45, 7) is 3.44. The van der Waals surface area contributed by atoms with Crippen LogP contribution >= 0.6 is 0 Å². The summed E-state index contributed by atoms with van der Waals surface area (Å²) in [5.74, 6) is -1.33. The van der Waals surface area contributed by atoms with Gasteiger partial charge in [-0.1, -0.05) is 13.3 Å². The van der Waals surface area contributed by atoms with E-state index in [2.05, 4.69) is 6.92 Å². The molecule has 1 spiro atoms. The van der Waals surface area contributed by atoms with Crippen molar-refractivity contribution in [1.82, 2.24) is 0 Å². The Hall–Kier alpha value is -0.980. The van der Waals surface area contributed by atoms with Crippen LogP contribution in [0.3, 0.4) is 0 Å². The van der Waals surface area contributed by atoms with E-state index in [4.69, 9.17) is 0 Å². The molecule has 8 atom stereocenters.